The van der Waals surface area contributed by atoms with Gasteiger partial charge in [0.05, 0.1) is 22.8 Å². The van der Waals surface area contributed by atoms with E-state index in [4.69, 9.17) is 4.74 Å². The van der Waals surface area contributed by atoms with Crippen molar-refractivity contribution in [1.82, 2.24) is 9.29 Å². The largest absolute Gasteiger partial charge is 0.373 e. The zero-order chi connectivity index (χ0) is 23.8. The van der Waals surface area contributed by atoms with E-state index in [2.05, 4.69) is 10.3 Å². The van der Waals surface area contributed by atoms with Gasteiger partial charge in [-0.1, -0.05) is 6.07 Å². The number of rotatable bonds is 5. The van der Waals surface area contributed by atoms with E-state index in [1.807, 2.05) is 13.8 Å². The topological polar surface area (TPSA) is 88.6 Å². The molecule has 0 radical (unpaired) electrons. The molecule has 0 spiro atoms. The number of nitrogens with zero attached hydrogens (tertiary/aromatic N) is 2. The first-order valence-electron chi connectivity index (χ1n) is 10.1. The minimum Gasteiger partial charge on any atom is -0.373 e. The summed E-state index contributed by atoms with van der Waals surface area (Å²) in [6, 6.07) is 9.19. The number of halogens is 2. The molecule has 0 aliphatic carbocycles. The molecule has 7 nitrogen and oxygen atoms in total. The highest BCUT2D eigenvalue weighted by Crippen LogP contribution is 2.27. The molecular formula is C22H21F2N3O4S2. The quantitative estimate of drug-likeness (QED) is 0.577. The Bertz CT molecular complexity index is 1290. The fraction of sp³-hybridized carbons (Fsp3) is 0.273. The molecule has 11 heteroatoms. The van der Waals surface area contributed by atoms with E-state index in [-0.39, 0.29) is 40.9 Å². The van der Waals surface area contributed by atoms with E-state index in [1.54, 1.807) is 5.38 Å². The third-order valence-electron chi connectivity index (χ3n) is 5.06. The number of carbonyl (C=O) groups excluding carboxylic acids is 1. The standard InChI is InChI=1S/C22H21F2N3O4S2/c1-13-10-27(11-14(2)31-13)33(29,30)17-5-3-4-16(8-17)21(28)26-22-25-20(12-32-22)15-6-7-18(23)19(24)9-15/h3-9,12-14H,10-11H2,1-2H3,(H,25,26,28). The van der Waals surface area contributed by atoms with Crippen molar-refractivity contribution in [1.29, 1.82) is 0 Å². The summed E-state index contributed by atoms with van der Waals surface area (Å²) in [5.74, 6) is -2.49. The van der Waals surface area contributed by atoms with Crippen LogP contribution in [-0.2, 0) is 14.8 Å². The summed E-state index contributed by atoms with van der Waals surface area (Å²) in [5.41, 5.74) is 0.892. The predicted molar refractivity (Wildman–Crippen MR) is 121 cm³/mol. The first kappa shape index (κ1) is 23.4. The molecule has 0 saturated carbocycles. The van der Waals surface area contributed by atoms with Crippen molar-refractivity contribution in [2.45, 2.75) is 31.0 Å². The maximum absolute atomic E-state index is 13.5. The normalized spacial score (nSPS) is 19.4. The summed E-state index contributed by atoms with van der Waals surface area (Å²) < 4.78 is 59.8. The molecule has 1 aliphatic heterocycles. The molecule has 1 aliphatic rings. The van der Waals surface area contributed by atoms with Gasteiger partial charge in [0.1, 0.15) is 0 Å². The van der Waals surface area contributed by atoms with Crippen molar-refractivity contribution in [3.63, 3.8) is 0 Å². The van der Waals surface area contributed by atoms with E-state index in [0.717, 1.165) is 23.5 Å². The van der Waals surface area contributed by atoms with E-state index in [0.29, 0.717) is 11.3 Å². The van der Waals surface area contributed by atoms with Crippen LogP contribution in [0.15, 0.2) is 52.7 Å². The van der Waals surface area contributed by atoms with Crippen LogP contribution in [-0.4, -0.2) is 48.9 Å². The lowest BCUT2D eigenvalue weighted by atomic mass is 10.2. The van der Waals surface area contributed by atoms with Gasteiger partial charge in [0, 0.05) is 29.6 Å². The van der Waals surface area contributed by atoms with Gasteiger partial charge in [-0.15, -0.1) is 11.3 Å². The summed E-state index contributed by atoms with van der Waals surface area (Å²) in [7, 11) is -3.80. The third kappa shape index (κ3) is 5.11. The first-order chi connectivity index (χ1) is 15.6. The molecule has 1 N–H and O–H groups in total. The number of hydrogen-bond donors (Lipinski definition) is 1. The van der Waals surface area contributed by atoms with Gasteiger partial charge in [0.15, 0.2) is 16.8 Å². The van der Waals surface area contributed by atoms with Gasteiger partial charge in [0.25, 0.3) is 5.91 Å². The highest BCUT2D eigenvalue weighted by atomic mass is 32.2. The first-order valence-corrected chi connectivity index (χ1v) is 12.4. The van der Waals surface area contributed by atoms with Crippen LogP contribution in [0.2, 0.25) is 0 Å². The van der Waals surface area contributed by atoms with Crippen LogP contribution in [0.1, 0.15) is 24.2 Å². The predicted octanol–water partition coefficient (Wildman–Crippen LogP) is 4.14. The SMILES string of the molecule is CC1CN(S(=O)(=O)c2cccc(C(=O)Nc3nc(-c4ccc(F)c(F)c4)cs3)c2)CC(C)O1. The van der Waals surface area contributed by atoms with Gasteiger partial charge < -0.3 is 4.74 Å². The van der Waals surface area contributed by atoms with Gasteiger partial charge >= 0.3 is 0 Å². The van der Waals surface area contributed by atoms with Crippen molar-refractivity contribution in [2.75, 3.05) is 18.4 Å². The second-order valence-corrected chi connectivity index (χ2v) is 10.5. The second kappa shape index (κ2) is 9.26. The molecule has 2 unspecified atom stereocenters. The number of aromatic nitrogens is 1. The lowest BCUT2D eigenvalue weighted by Gasteiger charge is -2.34. The van der Waals surface area contributed by atoms with Crippen molar-refractivity contribution in [3.8, 4) is 11.3 Å². The van der Waals surface area contributed by atoms with Gasteiger partial charge in [-0.05, 0) is 50.2 Å². The van der Waals surface area contributed by atoms with Crippen LogP contribution in [0.5, 0.6) is 0 Å². The van der Waals surface area contributed by atoms with E-state index in [1.165, 1.54) is 34.6 Å². The van der Waals surface area contributed by atoms with Gasteiger partial charge in [-0.3, -0.25) is 10.1 Å². The maximum atomic E-state index is 13.5. The van der Waals surface area contributed by atoms with Gasteiger partial charge in [-0.25, -0.2) is 22.2 Å². The number of anilines is 1. The van der Waals surface area contributed by atoms with Crippen LogP contribution in [0.4, 0.5) is 13.9 Å². The van der Waals surface area contributed by atoms with Gasteiger partial charge in [0.2, 0.25) is 10.0 Å². The summed E-state index contributed by atoms with van der Waals surface area (Å²) >= 11 is 1.11. The van der Waals surface area contributed by atoms with Crippen molar-refractivity contribution >= 4 is 32.4 Å². The number of morpholine rings is 1. The molecule has 1 fully saturated rings. The molecule has 1 saturated heterocycles. The van der Waals surface area contributed by atoms with Crippen LogP contribution < -0.4 is 5.32 Å². The molecule has 4 rings (SSSR count). The van der Waals surface area contributed by atoms with Crippen molar-refractivity contribution < 1.29 is 26.7 Å². The maximum Gasteiger partial charge on any atom is 0.257 e. The Hall–Kier alpha value is -2.73. The number of sulfonamides is 1. The lowest BCUT2D eigenvalue weighted by molar-refractivity contribution is -0.0440. The van der Waals surface area contributed by atoms with E-state index in [9.17, 15) is 22.0 Å². The fourth-order valence-electron chi connectivity index (χ4n) is 3.56. The Kier molecular flexibility index (Phi) is 6.57. The number of amides is 1. The molecular weight excluding hydrogens is 472 g/mol. The van der Waals surface area contributed by atoms with Crippen molar-refractivity contribution in [3.05, 3.63) is 65.0 Å². The van der Waals surface area contributed by atoms with E-state index >= 15 is 0 Å². The monoisotopic (exact) mass is 493 g/mol. The highest BCUT2D eigenvalue weighted by Gasteiger charge is 2.32. The van der Waals surface area contributed by atoms with Gasteiger partial charge in [-0.2, -0.15) is 4.31 Å². The lowest BCUT2D eigenvalue weighted by Crippen LogP contribution is -2.48. The Labute approximate surface area is 194 Å². The number of nitrogens with one attached hydrogen (secondary N) is 1. The summed E-state index contributed by atoms with van der Waals surface area (Å²) in [5, 5.41) is 4.46. The Morgan fingerprint density at radius 2 is 1.85 bits per heavy atom. The zero-order valence-corrected chi connectivity index (χ0v) is 19.4. The van der Waals surface area contributed by atoms with Crippen molar-refractivity contribution in [2.24, 2.45) is 0 Å². The molecule has 33 heavy (non-hydrogen) atoms. The zero-order valence-electron chi connectivity index (χ0n) is 17.8. The van der Waals surface area contributed by atoms with Crippen LogP contribution in [0.3, 0.4) is 0 Å². The second-order valence-electron chi connectivity index (χ2n) is 7.73. The molecule has 1 amide bonds. The number of carbonyl (C=O) groups is 1. The Morgan fingerprint density at radius 1 is 1.12 bits per heavy atom. The number of benzene rings is 2. The highest BCUT2D eigenvalue weighted by molar-refractivity contribution is 7.89. The van der Waals surface area contributed by atoms with Crippen LogP contribution >= 0.6 is 11.3 Å². The molecule has 174 valence electrons. The molecule has 0 bridgehead atoms. The minimum absolute atomic E-state index is 0.0121. The minimum atomic E-state index is -3.80. The Balaban J connectivity index is 1.51. The molecule has 2 aromatic carbocycles. The number of thiazole rings is 1. The fourth-order valence-corrected chi connectivity index (χ4v) is 5.91. The molecule has 2 heterocycles. The summed E-state index contributed by atoms with van der Waals surface area (Å²) in [6.45, 7) is 4.08. The third-order valence-corrected chi connectivity index (χ3v) is 7.65. The molecule has 2 atom stereocenters. The summed E-state index contributed by atoms with van der Waals surface area (Å²) in [4.78, 5) is 17.0. The number of hydrogen-bond acceptors (Lipinski definition) is 6. The molecule has 3 aromatic rings. The summed E-state index contributed by atoms with van der Waals surface area (Å²) in [6.07, 6.45) is -0.465. The average Bonchev–Trinajstić information content (AvgIpc) is 3.23. The smallest absolute Gasteiger partial charge is 0.257 e. The Morgan fingerprint density at radius 3 is 2.55 bits per heavy atom. The van der Waals surface area contributed by atoms with Crippen LogP contribution in [0.25, 0.3) is 11.3 Å². The number of ether oxygens (including phenoxy) is 1. The molecule has 1 aromatic heterocycles. The van der Waals surface area contributed by atoms with Crippen LogP contribution in [0, 0.1) is 11.6 Å². The average molecular weight is 494 g/mol. The van der Waals surface area contributed by atoms with E-state index < -0.39 is 27.6 Å².